The summed E-state index contributed by atoms with van der Waals surface area (Å²) in [6, 6.07) is 13.7. The zero-order valence-corrected chi connectivity index (χ0v) is 11.0. The highest BCUT2D eigenvalue weighted by Gasteiger charge is 2.15. The smallest absolute Gasteiger partial charge is 0.125 e. The normalized spacial score (nSPS) is 12.2. The molecular formula is C16H18O2. The summed E-state index contributed by atoms with van der Waals surface area (Å²) in [5.41, 5.74) is 4.00. The fourth-order valence-corrected chi connectivity index (χ4v) is 2.24. The molecule has 0 saturated carbocycles. The molecule has 0 aliphatic rings. The van der Waals surface area contributed by atoms with E-state index in [0.29, 0.717) is 5.75 Å². The Hall–Kier alpha value is -1.80. The Kier molecular flexibility index (Phi) is 3.68. The van der Waals surface area contributed by atoms with Gasteiger partial charge in [-0.3, -0.25) is 0 Å². The van der Waals surface area contributed by atoms with Crippen molar-refractivity contribution in [3.63, 3.8) is 0 Å². The maximum Gasteiger partial charge on any atom is 0.125 e. The van der Waals surface area contributed by atoms with E-state index in [0.717, 1.165) is 22.3 Å². The first-order valence-electron chi connectivity index (χ1n) is 6.01. The van der Waals surface area contributed by atoms with E-state index in [1.54, 1.807) is 7.11 Å². The summed E-state index contributed by atoms with van der Waals surface area (Å²) in [6.07, 6.45) is -0.653. The van der Waals surface area contributed by atoms with E-state index in [-0.39, 0.29) is 0 Å². The van der Waals surface area contributed by atoms with Gasteiger partial charge in [-0.05, 0) is 25.5 Å². The number of rotatable bonds is 3. The fourth-order valence-electron chi connectivity index (χ4n) is 2.24. The average molecular weight is 242 g/mol. The van der Waals surface area contributed by atoms with Crippen LogP contribution in [-0.2, 0) is 0 Å². The van der Waals surface area contributed by atoms with Crippen molar-refractivity contribution in [2.45, 2.75) is 20.0 Å². The van der Waals surface area contributed by atoms with Gasteiger partial charge in [-0.1, -0.05) is 47.5 Å². The first-order chi connectivity index (χ1) is 8.61. The minimum absolute atomic E-state index is 0.653. The summed E-state index contributed by atoms with van der Waals surface area (Å²) >= 11 is 0. The summed E-state index contributed by atoms with van der Waals surface area (Å²) in [7, 11) is 1.62. The van der Waals surface area contributed by atoms with Crippen molar-refractivity contribution in [2.24, 2.45) is 0 Å². The number of aliphatic hydroxyl groups is 1. The molecular weight excluding hydrogens is 224 g/mol. The van der Waals surface area contributed by atoms with Gasteiger partial charge in [0.25, 0.3) is 0 Å². The molecule has 0 bridgehead atoms. The van der Waals surface area contributed by atoms with Gasteiger partial charge < -0.3 is 9.84 Å². The molecule has 2 aromatic rings. The van der Waals surface area contributed by atoms with Crippen LogP contribution in [0, 0.1) is 13.8 Å². The number of aryl methyl sites for hydroxylation is 2. The lowest BCUT2D eigenvalue weighted by molar-refractivity contribution is 0.214. The molecule has 2 nitrogen and oxygen atoms in total. The molecule has 0 amide bonds. The quantitative estimate of drug-likeness (QED) is 0.894. The predicted molar refractivity (Wildman–Crippen MR) is 73.0 cm³/mol. The van der Waals surface area contributed by atoms with Crippen molar-refractivity contribution in [3.8, 4) is 5.75 Å². The molecule has 0 radical (unpaired) electrons. The monoisotopic (exact) mass is 242 g/mol. The summed E-state index contributed by atoms with van der Waals surface area (Å²) in [5, 5.41) is 10.5. The lowest BCUT2D eigenvalue weighted by Crippen LogP contribution is -2.03. The van der Waals surface area contributed by atoms with Crippen LogP contribution in [0.1, 0.15) is 28.4 Å². The Morgan fingerprint density at radius 3 is 2.22 bits per heavy atom. The summed E-state index contributed by atoms with van der Waals surface area (Å²) in [4.78, 5) is 0. The van der Waals surface area contributed by atoms with Crippen LogP contribution in [0.25, 0.3) is 0 Å². The Balaban J connectivity index is 2.44. The molecule has 1 atom stereocenters. The zero-order chi connectivity index (χ0) is 13.1. The standard InChI is InChI=1S/C16H18O2/c1-11-8-12(2)10-13(9-11)16(17)14-6-4-5-7-15(14)18-3/h4-10,16-17H,1-3H3. The third kappa shape index (κ3) is 2.54. The van der Waals surface area contributed by atoms with E-state index < -0.39 is 6.10 Å². The van der Waals surface area contributed by atoms with Gasteiger partial charge >= 0.3 is 0 Å². The molecule has 1 unspecified atom stereocenters. The molecule has 94 valence electrons. The van der Waals surface area contributed by atoms with E-state index in [1.807, 2.05) is 50.2 Å². The SMILES string of the molecule is COc1ccccc1C(O)c1cc(C)cc(C)c1. The molecule has 18 heavy (non-hydrogen) atoms. The van der Waals surface area contributed by atoms with Crippen molar-refractivity contribution in [1.29, 1.82) is 0 Å². The topological polar surface area (TPSA) is 29.5 Å². The maximum absolute atomic E-state index is 10.5. The van der Waals surface area contributed by atoms with Crippen LogP contribution in [0.2, 0.25) is 0 Å². The maximum atomic E-state index is 10.5. The Morgan fingerprint density at radius 2 is 1.61 bits per heavy atom. The minimum Gasteiger partial charge on any atom is -0.496 e. The van der Waals surface area contributed by atoms with Crippen molar-refractivity contribution in [2.75, 3.05) is 7.11 Å². The number of para-hydroxylation sites is 1. The van der Waals surface area contributed by atoms with Gasteiger partial charge in [-0.15, -0.1) is 0 Å². The minimum atomic E-state index is -0.653. The van der Waals surface area contributed by atoms with Crippen molar-refractivity contribution >= 4 is 0 Å². The second-order valence-electron chi connectivity index (χ2n) is 4.57. The molecule has 2 rings (SSSR count). The van der Waals surface area contributed by atoms with Crippen molar-refractivity contribution in [3.05, 3.63) is 64.7 Å². The van der Waals surface area contributed by atoms with Crippen molar-refractivity contribution < 1.29 is 9.84 Å². The molecule has 0 spiro atoms. The van der Waals surface area contributed by atoms with Crippen LogP contribution in [0.4, 0.5) is 0 Å². The zero-order valence-electron chi connectivity index (χ0n) is 11.0. The van der Waals surface area contributed by atoms with E-state index in [9.17, 15) is 5.11 Å². The molecule has 1 N–H and O–H groups in total. The Morgan fingerprint density at radius 1 is 1.00 bits per heavy atom. The molecule has 0 aliphatic carbocycles. The Bertz CT molecular complexity index is 526. The highest BCUT2D eigenvalue weighted by atomic mass is 16.5. The van der Waals surface area contributed by atoms with Gasteiger partial charge in [-0.2, -0.15) is 0 Å². The molecule has 0 saturated heterocycles. The van der Waals surface area contributed by atoms with Gasteiger partial charge in [0.15, 0.2) is 0 Å². The second kappa shape index (κ2) is 5.23. The van der Waals surface area contributed by atoms with Gasteiger partial charge in [0.1, 0.15) is 11.9 Å². The van der Waals surface area contributed by atoms with E-state index >= 15 is 0 Å². The highest BCUT2D eigenvalue weighted by molar-refractivity contribution is 5.42. The highest BCUT2D eigenvalue weighted by Crippen LogP contribution is 2.30. The molecule has 0 fully saturated rings. The first kappa shape index (κ1) is 12.7. The number of hydrogen-bond donors (Lipinski definition) is 1. The molecule has 0 aromatic heterocycles. The van der Waals surface area contributed by atoms with Crippen LogP contribution in [0.5, 0.6) is 5.75 Å². The van der Waals surface area contributed by atoms with Gasteiger partial charge in [0.05, 0.1) is 7.11 Å². The van der Waals surface area contributed by atoms with Crippen molar-refractivity contribution in [1.82, 2.24) is 0 Å². The summed E-state index contributed by atoms with van der Waals surface area (Å²) in [5.74, 6) is 0.712. The molecule has 2 heteroatoms. The number of hydrogen-bond acceptors (Lipinski definition) is 2. The second-order valence-corrected chi connectivity index (χ2v) is 4.57. The number of benzene rings is 2. The van der Waals surface area contributed by atoms with Gasteiger partial charge in [0.2, 0.25) is 0 Å². The van der Waals surface area contributed by atoms with Gasteiger partial charge in [-0.25, -0.2) is 0 Å². The summed E-state index contributed by atoms with van der Waals surface area (Å²) in [6.45, 7) is 4.07. The van der Waals surface area contributed by atoms with Crippen LogP contribution in [0.15, 0.2) is 42.5 Å². The van der Waals surface area contributed by atoms with Gasteiger partial charge in [0, 0.05) is 5.56 Å². The predicted octanol–water partition coefficient (Wildman–Crippen LogP) is 3.39. The molecule has 0 aliphatic heterocycles. The lowest BCUT2D eigenvalue weighted by Gasteiger charge is -2.16. The lowest BCUT2D eigenvalue weighted by atomic mass is 9.97. The fraction of sp³-hybridized carbons (Fsp3) is 0.250. The van der Waals surface area contributed by atoms with Crippen LogP contribution >= 0.6 is 0 Å². The first-order valence-corrected chi connectivity index (χ1v) is 6.01. The van der Waals surface area contributed by atoms with Crippen LogP contribution in [-0.4, -0.2) is 12.2 Å². The molecule has 2 aromatic carbocycles. The third-order valence-corrected chi connectivity index (χ3v) is 2.99. The van der Waals surface area contributed by atoms with E-state index in [2.05, 4.69) is 6.07 Å². The largest absolute Gasteiger partial charge is 0.496 e. The number of methoxy groups -OCH3 is 1. The number of ether oxygens (including phenoxy) is 1. The van der Waals surface area contributed by atoms with Crippen LogP contribution < -0.4 is 4.74 Å². The summed E-state index contributed by atoms with van der Waals surface area (Å²) < 4.78 is 5.29. The number of aliphatic hydroxyl groups excluding tert-OH is 1. The average Bonchev–Trinajstić information content (AvgIpc) is 2.36. The van der Waals surface area contributed by atoms with Crippen LogP contribution in [0.3, 0.4) is 0 Å². The van der Waals surface area contributed by atoms with E-state index in [4.69, 9.17) is 4.74 Å². The molecule has 0 heterocycles. The van der Waals surface area contributed by atoms with E-state index in [1.165, 1.54) is 0 Å². The Labute approximate surface area is 108 Å². The third-order valence-electron chi connectivity index (χ3n) is 2.99.